The van der Waals surface area contributed by atoms with Gasteiger partial charge in [-0.3, -0.25) is 9.97 Å². The number of hydrogen-bond acceptors (Lipinski definition) is 5. The number of aromatic nitrogens is 3. The molecule has 0 radical (unpaired) electrons. The molecule has 6 rings (SSSR count). The van der Waals surface area contributed by atoms with Gasteiger partial charge in [0.05, 0.1) is 22.0 Å². The van der Waals surface area contributed by atoms with Crippen molar-refractivity contribution >= 4 is 40.6 Å². The molecule has 3 heterocycles. The Balaban J connectivity index is 1.22. The lowest BCUT2D eigenvalue weighted by Crippen LogP contribution is -2.09. The number of pyridine rings is 2. The van der Waals surface area contributed by atoms with Crippen LogP contribution < -0.4 is 4.90 Å². The molecule has 0 saturated carbocycles. The molecule has 0 amide bonds. The van der Waals surface area contributed by atoms with Gasteiger partial charge in [-0.1, -0.05) is 73.8 Å². The maximum atomic E-state index is 4.76. The van der Waals surface area contributed by atoms with Crippen molar-refractivity contribution in [2.45, 2.75) is 0 Å². The highest BCUT2D eigenvalue weighted by atomic mass is 32.1. The summed E-state index contributed by atoms with van der Waals surface area (Å²) >= 11 is 1.56. The number of benzene rings is 3. The smallest absolute Gasteiger partial charge is 0.143 e. The molecule has 192 valence electrons. The number of hydrogen-bond donors (Lipinski definition) is 0. The van der Waals surface area contributed by atoms with E-state index in [1.54, 1.807) is 23.5 Å². The minimum Gasteiger partial charge on any atom is -0.311 e. The van der Waals surface area contributed by atoms with Gasteiger partial charge >= 0.3 is 0 Å². The van der Waals surface area contributed by atoms with E-state index in [1.165, 1.54) is 0 Å². The minimum atomic E-state index is 0.828. The summed E-state index contributed by atoms with van der Waals surface area (Å²) in [6.07, 6.45) is 7.31. The lowest BCUT2D eigenvalue weighted by Gasteiger charge is -2.25. The van der Waals surface area contributed by atoms with Gasteiger partial charge in [-0.05, 0) is 60.7 Å². The van der Waals surface area contributed by atoms with Gasteiger partial charge in [0.25, 0.3) is 0 Å². The van der Waals surface area contributed by atoms with Crippen molar-refractivity contribution < 1.29 is 0 Å². The molecule has 40 heavy (non-hydrogen) atoms. The molecular weight excluding hydrogens is 508 g/mol. The second-order valence-electron chi connectivity index (χ2n) is 9.09. The molecule has 0 spiro atoms. The van der Waals surface area contributed by atoms with Crippen LogP contribution in [0.25, 0.3) is 45.2 Å². The number of rotatable bonds is 8. The molecule has 4 nitrogen and oxygen atoms in total. The van der Waals surface area contributed by atoms with E-state index >= 15 is 0 Å². The van der Waals surface area contributed by atoms with Gasteiger partial charge in [0.15, 0.2) is 0 Å². The standard InChI is InChI=1S/C35H26N4S/c1-3-31-34(4-2)40-35(38-31)33-22-18-27(24-37-33)26-17-21-32(36-23-26)25-15-19-30(20-16-25)39(28-11-7-5-8-12-28)29-13-9-6-10-14-29/h3-24H,1-2H2. The second-order valence-corrected chi connectivity index (χ2v) is 10.1. The number of thiazole rings is 1. The molecular formula is C35H26N4S. The van der Waals surface area contributed by atoms with Crippen molar-refractivity contribution in [1.82, 2.24) is 15.0 Å². The Hall–Kier alpha value is -5.13. The molecule has 0 saturated heterocycles. The summed E-state index contributed by atoms with van der Waals surface area (Å²) in [6, 6.07) is 37.5. The Kier molecular flexibility index (Phi) is 7.12. The summed E-state index contributed by atoms with van der Waals surface area (Å²) in [4.78, 5) is 17.3. The van der Waals surface area contributed by atoms with E-state index in [9.17, 15) is 0 Å². The first-order valence-electron chi connectivity index (χ1n) is 12.9. The van der Waals surface area contributed by atoms with E-state index in [0.717, 1.165) is 60.7 Å². The Morgan fingerprint density at radius 2 is 1.07 bits per heavy atom. The highest BCUT2D eigenvalue weighted by molar-refractivity contribution is 7.16. The normalized spacial score (nSPS) is 10.7. The molecule has 0 atom stereocenters. The predicted octanol–water partition coefficient (Wildman–Crippen LogP) is 9.69. The Morgan fingerprint density at radius 1 is 0.550 bits per heavy atom. The SMILES string of the molecule is C=Cc1nc(-c2ccc(-c3ccc(-c4ccc(N(c5ccccc5)c5ccccc5)cc4)nc3)cn2)sc1C=C. The fourth-order valence-electron chi connectivity index (χ4n) is 4.55. The quantitative estimate of drug-likeness (QED) is 0.195. The van der Waals surface area contributed by atoms with Crippen molar-refractivity contribution in [1.29, 1.82) is 0 Å². The van der Waals surface area contributed by atoms with E-state index in [0.29, 0.717) is 0 Å². The monoisotopic (exact) mass is 534 g/mol. The third-order valence-corrected chi connectivity index (χ3v) is 7.68. The van der Waals surface area contributed by atoms with Crippen molar-refractivity contribution in [3.05, 3.63) is 145 Å². The molecule has 6 aromatic rings. The largest absolute Gasteiger partial charge is 0.311 e. The van der Waals surface area contributed by atoms with Crippen molar-refractivity contribution in [3.8, 4) is 33.1 Å². The van der Waals surface area contributed by atoms with E-state index in [4.69, 9.17) is 4.98 Å². The average molecular weight is 535 g/mol. The molecule has 0 aliphatic carbocycles. The van der Waals surface area contributed by atoms with E-state index < -0.39 is 0 Å². The number of anilines is 3. The maximum absolute atomic E-state index is 4.76. The first-order valence-corrected chi connectivity index (χ1v) is 13.7. The number of para-hydroxylation sites is 2. The lowest BCUT2D eigenvalue weighted by molar-refractivity contribution is 1.27. The van der Waals surface area contributed by atoms with Crippen molar-refractivity contribution in [2.24, 2.45) is 0 Å². The molecule has 0 N–H and O–H groups in total. The van der Waals surface area contributed by atoms with Crippen molar-refractivity contribution in [3.63, 3.8) is 0 Å². The minimum absolute atomic E-state index is 0.828. The Labute approximate surface area is 238 Å². The highest BCUT2D eigenvalue weighted by Crippen LogP contribution is 2.35. The van der Waals surface area contributed by atoms with Crippen LogP contribution >= 0.6 is 11.3 Å². The van der Waals surface area contributed by atoms with Gasteiger partial charge in [-0.2, -0.15) is 0 Å². The van der Waals surface area contributed by atoms with E-state index in [1.807, 2.05) is 30.6 Å². The van der Waals surface area contributed by atoms with Gasteiger partial charge in [-0.15, -0.1) is 11.3 Å². The van der Waals surface area contributed by atoms with E-state index in [2.05, 4.69) is 119 Å². The zero-order valence-electron chi connectivity index (χ0n) is 21.8. The van der Waals surface area contributed by atoms with Crippen LogP contribution in [0.2, 0.25) is 0 Å². The topological polar surface area (TPSA) is 41.9 Å². The van der Waals surface area contributed by atoms with Crippen LogP contribution in [-0.2, 0) is 0 Å². The van der Waals surface area contributed by atoms with Gasteiger partial charge in [0.2, 0.25) is 0 Å². The molecule has 0 bridgehead atoms. The van der Waals surface area contributed by atoms with Crippen LogP contribution in [0.3, 0.4) is 0 Å². The summed E-state index contributed by atoms with van der Waals surface area (Å²) < 4.78 is 0. The third kappa shape index (κ3) is 5.10. The third-order valence-electron chi connectivity index (χ3n) is 6.59. The van der Waals surface area contributed by atoms with Crippen LogP contribution in [0, 0.1) is 0 Å². The Morgan fingerprint density at radius 3 is 1.55 bits per heavy atom. The van der Waals surface area contributed by atoms with Gasteiger partial charge in [-0.25, -0.2) is 4.98 Å². The molecule has 0 fully saturated rings. The first kappa shape index (κ1) is 25.2. The van der Waals surface area contributed by atoms with Crippen LogP contribution in [-0.4, -0.2) is 15.0 Å². The van der Waals surface area contributed by atoms with Crippen LogP contribution in [0.5, 0.6) is 0 Å². The van der Waals surface area contributed by atoms with Gasteiger partial charge in [0, 0.05) is 46.1 Å². The summed E-state index contributed by atoms with van der Waals surface area (Å²) in [7, 11) is 0. The highest BCUT2D eigenvalue weighted by Gasteiger charge is 2.13. The molecule has 5 heteroatoms. The fraction of sp³-hybridized carbons (Fsp3) is 0. The molecule has 3 aromatic heterocycles. The summed E-state index contributed by atoms with van der Waals surface area (Å²) in [5.41, 5.74) is 8.97. The maximum Gasteiger partial charge on any atom is 0.143 e. The first-order chi connectivity index (χ1) is 19.7. The van der Waals surface area contributed by atoms with Crippen LogP contribution in [0.15, 0.2) is 135 Å². The summed E-state index contributed by atoms with van der Waals surface area (Å²) in [5.74, 6) is 0. The molecule has 0 aliphatic rings. The zero-order valence-corrected chi connectivity index (χ0v) is 22.6. The van der Waals surface area contributed by atoms with Gasteiger partial charge in [0.1, 0.15) is 5.01 Å². The molecule has 0 aliphatic heterocycles. The average Bonchev–Trinajstić information content (AvgIpc) is 3.47. The van der Waals surface area contributed by atoms with Crippen LogP contribution in [0.4, 0.5) is 17.1 Å². The van der Waals surface area contributed by atoms with Crippen LogP contribution in [0.1, 0.15) is 10.6 Å². The fourth-order valence-corrected chi connectivity index (χ4v) is 5.45. The predicted molar refractivity (Wildman–Crippen MR) is 169 cm³/mol. The summed E-state index contributed by atoms with van der Waals surface area (Å²) in [6.45, 7) is 7.69. The lowest BCUT2D eigenvalue weighted by atomic mass is 10.1. The Bertz CT molecular complexity index is 1670. The van der Waals surface area contributed by atoms with Crippen molar-refractivity contribution in [2.75, 3.05) is 4.90 Å². The summed E-state index contributed by atoms with van der Waals surface area (Å²) in [5, 5.41) is 0.853. The van der Waals surface area contributed by atoms with E-state index in [-0.39, 0.29) is 0 Å². The molecule has 3 aromatic carbocycles. The zero-order chi connectivity index (χ0) is 27.3. The number of nitrogens with zero attached hydrogens (tertiary/aromatic N) is 4. The second kappa shape index (κ2) is 11.3. The molecule has 0 unspecified atom stereocenters. The van der Waals surface area contributed by atoms with Gasteiger partial charge < -0.3 is 4.90 Å².